The molecule has 2 aromatic heterocycles. The fourth-order valence-corrected chi connectivity index (χ4v) is 4.95. The largest absolute Gasteiger partial charge is 0.316 e. The zero-order chi connectivity index (χ0) is 22.0. The van der Waals surface area contributed by atoms with Gasteiger partial charge in [0.05, 0.1) is 17.1 Å². The number of thiazole rings is 1. The summed E-state index contributed by atoms with van der Waals surface area (Å²) >= 11 is 5.15. The number of hydrogen-bond acceptors (Lipinski definition) is 3. The normalized spacial score (nSPS) is 11.9. The summed E-state index contributed by atoms with van der Waals surface area (Å²) in [6.07, 6.45) is 2.14. The smallest absolute Gasteiger partial charge is 0.297 e. The Morgan fingerprint density at radius 1 is 1.10 bits per heavy atom. The maximum absolute atomic E-state index is 13.3. The third kappa shape index (κ3) is 4.25. The molecule has 0 aliphatic rings. The van der Waals surface area contributed by atoms with Gasteiger partial charge in [0.25, 0.3) is 5.56 Å². The minimum absolute atomic E-state index is 0.106. The van der Waals surface area contributed by atoms with Crippen LogP contribution in [0.3, 0.4) is 0 Å². The Kier molecular flexibility index (Phi) is 6.43. The minimum atomic E-state index is -0.106. The molecular formula is C24H25BrN4OS. The van der Waals surface area contributed by atoms with Gasteiger partial charge in [-0.3, -0.25) is 9.48 Å². The van der Waals surface area contributed by atoms with Gasteiger partial charge in [0, 0.05) is 29.0 Å². The van der Waals surface area contributed by atoms with E-state index in [0.717, 1.165) is 51.3 Å². The number of aromatic nitrogens is 3. The van der Waals surface area contributed by atoms with Crippen LogP contribution in [0.2, 0.25) is 0 Å². The first-order valence-corrected chi connectivity index (χ1v) is 12.0. The van der Waals surface area contributed by atoms with Gasteiger partial charge >= 0.3 is 0 Å². The lowest BCUT2D eigenvalue weighted by molar-refractivity contribution is 0.623. The lowest BCUT2D eigenvalue weighted by Crippen LogP contribution is -2.20. The van der Waals surface area contributed by atoms with Crippen molar-refractivity contribution >= 4 is 33.0 Å². The quantitative estimate of drug-likeness (QED) is 0.332. The van der Waals surface area contributed by atoms with Crippen LogP contribution in [0.25, 0.3) is 16.9 Å². The number of nitrogens with zero attached hydrogens (tertiary/aromatic N) is 4. The van der Waals surface area contributed by atoms with Crippen molar-refractivity contribution in [1.82, 2.24) is 13.9 Å². The highest BCUT2D eigenvalue weighted by atomic mass is 79.9. The molecule has 0 atom stereocenters. The fourth-order valence-electron chi connectivity index (χ4n) is 3.61. The van der Waals surface area contributed by atoms with Crippen LogP contribution in [-0.2, 0) is 13.6 Å². The SMILES string of the molecule is CCCCn1c(-c2cccc(Br)c2)csc1=Nc1c(C)n(C)n(-c2ccccc2)c1=O. The maximum atomic E-state index is 13.3. The van der Waals surface area contributed by atoms with Gasteiger partial charge in [-0.25, -0.2) is 9.67 Å². The fraction of sp³-hybridized carbons (Fsp3) is 0.250. The number of unbranched alkanes of at least 4 members (excludes halogenated alkanes) is 1. The lowest BCUT2D eigenvalue weighted by atomic mass is 10.2. The summed E-state index contributed by atoms with van der Waals surface area (Å²) < 4.78 is 6.82. The molecule has 7 heteroatoms. The molecule has 4 aromatic rings. The molecule has 0 saturated carbocycles. The van der Waals surface area contributed by atoms with E-state index < -0.39 is 0 Å². The molecule has 2 heterocycles. The average molecular weight is 497 g/mol. The van der Waals surface area contributed by atoms with Crippen molar-refractivity contribution in [2.45, 2.75) is 33.2 Å². The van der Waals surface area contributed by atoms with Crippen molar-refractivity contribution in [2.24, 2.45) is 12.0 Å². The average Bonchev–Trinajstić information content (AvgIpc) is 3.27. The summed E-state index contributed by atoms with van der Waals surface area (Å²) in [5, 5.41) is 2.13. The van der Waals surface area contributed by atoms with Crippen LogP contribution in [0.1, 0.15) is 25.5 Å². The molecule has 0 aliphatic carbocycles. The highest BCUT2D eigenvalue weighted by Crippen LogP contribution is 2.25. The number of benzene rings is 2. The third-order valence-corrected chi connectivity index (χ3v) is 6.74. The van der Waals surface area contributed by atoms with Gasteiger partial charge in [-0.05, 0) is 37.6 Å². The van der Waals surface area contributed by atoms with E-state index in [1.807, 2.05) is 61.1 Å². The van der Waals surface area contributed by atoms with Crippen molar-refractivity contribution in [3.8, 4) is 16.9 Å². The number of halogens is 1. The van der Waals surface area contributed by atoms with E-state index in [9.17, 15) is 4.79 Å². The van der Waals surface area contributed by atoms with Gasteiger partial charge in [0.2, 0.25) is 0 Å². The summed E-state index contributed by atoms with van der Waals surface area (Å²) in [6.45, 7) is 4.99. The Hall–Kier alpha value is -2.64. The number of hydrogen-bond donors (Lipinski definition) is 0. The van der Waals surface area contributed by atoms with Crippen molar-refractivity contribution in [2.75, 3.05) is 0 Å². The topological polar surface area (TPSA) is 44.2 Å². The second kappa shape index (κ2) is 9.24. The predicted molar refractivity (Wildman–Crippen MR) is 131 cm³/mol. The second-order valence-corrected chi connectivity index (χ2v) is 9.19. The van der Waals surface area contributed by atoms with E-state index in [1.165, 1.54) is 0 Å². The molecule has 0 unspecified atom stereocenters. The van der Waals surface area contributed by atoms with E-state index in [2.05, 4.69) is 44.9 Å². The van der Waals surface area contributed by atoms with Crippen LogP contribution in [0, 0.1) is 6.92 Å². The molecule has 31 heavy (non-hydrogen) atoms. The van der Waals surface area contributed by atoms with Crippen LogP contribution in [0.15, 0.2) is 74.2 Å². The minimum Gasteiger partial charge on any atom is -0.316 e. The molecule has 5 nitrogen and oxygen atoms in total. The van der Waals surface area contributed by atoms with E-state index in [0.29, 0.717) is 5.69 Å². The van der Waals surface area contributed by atoms with Crippen molar-refractivity contribution in [1.29, 1.82) is 0 Å². The molecule has 0 spiro atoms. The van der Waals surface area contributed by atoms with Crippen LogP contribution in [0.5, 0.6) is 0 Å². The molecule has 0 aliphatic heterocycles. The molecule has 0 fully saturated rings. The molecule has 0 radical (unpaired) electrons. The van der Waals surface area contributed by atoms with Crippen molar-refractivity contribution in [3.05, 3.63) is 85.3 Å². The van der Waals surface area contributed by atoms with E-state index in [-0.39, 0.29) is 5.56 Å². The number of rotatable bonds is 6. The summed E-state index contributed by atoms with van der Waals surface area (Å²) in [5.41, 5.74) is 4.31. The predicted octanol–water partition coefficient (Wildman–Crippen LogP) is 5.81. The first kappa shape index (κ1) is 21.6. The van der Waals surface area contributed by atoms with E-state index in [1.54, 1.807) is 16.0 Å². The molecule has 0 N–H and O–H groups in total. The first-order chi connectivity index (χ1) is 15.0. The summed E-state index contributed by atoms with van der Waals surface area (Å²) in [4.78, 5) is 19.0. The zero-order valence-corrected chi connectivity index (χ0v) is 20.3. The number of para-hydroxylation sites is 1. The van der Waals surface area contributed by atoms with Gasteiger partial charge < -0.3 is 4.57 Å². The highest BCUT2D eigenvalue weighted by Gasteiger charge is 2.16. The monoisotopic (exact) mass is 496 g/mol. The highest BCUT2D eigenvalue weighted by molar-refractivity contribution is 9.10. The van der Waals surface area contributed by atoms with Gasteiger partial charge in [-0.1, -0.05) is 59.6 Å². The molecule has 160 valence electrons. The van der Waals surface area contributed by atoms with Gasteiger partial charge in [-0.15, -0.1) is 11.3 Å². The Morgan fingerprint density at radius 3 is 2.58 bits per heavy atom. The van der Waals surface area contributed by atoms with E-state index in [4.69, 9.17) is 4.99 Å². The van der Waals surface area contributed by atoms with Crippen molar-refractivity contribution in [3.63, 3.8) is 0 Å². The Morgan fingerprint density at radius 2 is 1.87 bits per heavy atom. The third-order valence-electron chi connectivity index (χ3n) is 5.38. The summed E-state index contributed by atoms with van der Waals surface area (Å²) in [6, 6.07) is 18.0. The second-order valence-electron chi connectivity index (χ2n) is 7.44. The standard InChI is InChI=1S/C24H25BrN4OS/c1-4-5-14-28-21(18-10-9-11-19(25)15-18)16-31-24(28)26-22-17(2)27(3)29(23(22)30)20-12-7-6-8-13-20/h6-13,15-16H,4-5,14H2,1-3H3. The molecule has 2 aromatic carbocycles. The summed E-state index contributed by atoms with van der Waals surface area (Å²) in [7, 11) is 1.90. The molecule has 0 saturated heterocycles. The Balaban J connectivity index is 1.89. The Bertz CT molecular complexity index is 1330. The van der Waals surface area contributed by atoms with Crippen LogP contribution in [0.4, 0.5) is 5.69 Å². The lowest BCUT2D eigenvalue weighted by Gasteiger charge is -2.09. The van der Waals surface area contributed by atoms with Crippen LogP contribution >= 0.6 is 27.3 Å². The van der Waals surface area contributed by atoms with E-state index >= 15 is 0 Å². The molecule has 4 rings (SSSR count). The van der Waals surface area contributed by atoms with Gasteiger partial charge in [0.1, 0.15) is 0 Å². The maximum Gasteiger partial charge on any atom is 0.297 e. The van der Waals surface area contributed by atoms with Gasteiger partial charge in [0.15, 0.2) is 10.5 Å². The van der Waals surface area contributed by atoms with Gasteiger partial charge in [-0.2, -0.15) is 0 Å². The zero-order valence-electron chi connectivity index (χ0n) is 17.9. The first-order valence-electron chi connectivity index (χ1n) is 10.3. The summed E-state index contributed by atoms with van der Waals surface area (Å²) in [5.74, 6) is 0. The van der Waals surface area contributed by atoms with Crippen LogP contribution in [-0.4, -0.2) is 13.9 Å². The Labute approximate surface area is 194 Å². The molecular weight excluding hydrogens is 472 g/mol. The van der Waals surface area contributed by atoms with Crippen LogP contribution < -0.4 is 10.4 Å². The molecule has 0 amide bonds. The van der Waals surface area contributed by atoms with Crippen molar-refractivity contribution < 1.29 is 0 Å². The molecule has 0 bridgehead atoms.